The molecular weight excluding hydrogens is 422 g/mol. The Kier molecular flexibility index (Phi) is 7.60. The predicted molar refractivity (Wildman–Crippen MR) is 106 cm³/mol. The van der Waals surface area contributed by atoms with Gasteiger partial charge in [0.1, 0.15) is 5.75 Å². The molecule has 0 aliphatic rings. The van der Waals surface area contributed by atoms with Crippen LogP contribution in [0.2, 0.25) is 5.02 Å². The Morgan fingerprint density at radius 1 is 1.15 bits per heavy atom. The fraction of sp³-hybridized carbons (Fsp3) is 0.316. The van der Waals surface area contributed by atoms with Crippen molar-refractivity contribution >= 4 is 33.4 Å². The van der Waals surface area contributed by atoms with Crippen LogP contribution in [0.5, 0.6) is 17.2 Å². The number of amides is 1. The van der Waals surface area contributed by atoms with E-state index in [1.54, 1.807) is 20.3 Å². The van der Waals surface area contributed by atoms with Crippen molar-refractivity contribution in [3.8, 4) is 17.2 Å². The maximum absolute atomic E-state index is 12.0. The van der Waals surface area contributed by atoms with Crippen LogP contribution >= 0.6 is 27.5 Å². The first-order chi connectivity index (χ1) is 12.4. The smallest absolute Gasteiger partial charge is 0.257 e. The molecule has 140 valence electrons. The van der Waals surface area contributed by atoms with Crippen LogP contribution in [0.1, 0.15) is 11.1 Å². The van der Waals surface area contributed by atoms with Crippen molar-refractivity contribution in [3.63, 3.8) is 0 Å². The quantitative estimate of drug-likeness (QED) is 0.667. The van der Waals surface area contributed by atoms with E-state index in [2.05, 4.69) is 21.2 Å². The molecule has 2 rings (SSSR count). The summed E-state index contributed by atoms with van der Waals surface area (Å²) < 4.78 is 16.9. The van der Waals surface area contributed by atoms with E-state index in [9.17, 15) is 4.79 Å². The third-order valence-electron chi connectivity index (χ3n) is 3.73. The number of methoxy groups -OCH3 is 2. The van der Waals surface area contributed by atoms with Gasteiger partial charge in [0.2, 0.25) is 0 Å². The minimum atomic E-state index is -0.205. The summed E-state index contributed by atoms with van der Waals surface area (Å²) in [5.41, 5.74) is 1.90. The fourth-order valence-electron chi connectivity index (χ4n) is 2.44. The standard InChI is InChI=1S/C19H21BrClNO4/c1-12-8-14(20)10-15(21)19(12)26-11-18(23)22-7-6-13-4-5-16(24-2)17(9-13)25-3/h4-5,8-10H,6-7,11H2,1-3H3,(H,22,23). The summed E-state index contributed by atoms with van der Waals surface area (Å²) in [6.45, 7) is 2.28. The monoisotopic (exact) mass is 441 g/mol. The topological polar surface area (TPSA) is 56.8 Å². The average Bonchev–Trinajstić information content (AvgIpc) is 2.60. The first kappa shape index (κ1) is 20.4. The van der Waals surface area contributed by atoms with Crippen LogP contribution in [-0.2, 0) is 11.2 Å². The normalized spacial score (nSPS) is 10.3. The molecule has 2 aromatic rings. The van der Waals surface area contributed by atoms with Gasteiger partial charge in [0.05, 0.1) is 19.2 Å². The Bertz CT molecular complexity index is 759. The van der Waals surface area contributed by atoms with Crippen molar-refractivity contribution in [1.82, 2.24) is 5.32 Å². The van der Waals surface area contributed by atoms with Crippen molar-refractivity contribution in [2.75, 3.05) is 27.4 Å². The molecule has 5 nitrogen and oxygen atoms in total. The molecule has 26 heavy (non-hydrogen) atoms. The van der Waals surface area contributed by atoms with Gasteiger partial charge in [0.25, 0.3) is 5.91 Å². The second kappa shape index (κ2) is 9.69. The van der Waals surface area contributed by atoms with Crippen LogP contribution in [0.15, 0.2) is 34.8 Å². The molecule has 7 heteroatoms. The first-order valence-electron chi connectivity index (χ1n) is 8.00. The van der Waals surface area contributed by atoms with E-state index >= 15 is 0 Å². The van der Waals surface area contributed by atoms with Gasteiger partial charge in [-0.2, -0.15) is 0 Å². The molecule has 0 spiro atoms. The average molecular weight is 443 g/mol. The molecule has 0 heterocycles. The van der Waals surface area contributed by atoms with Gasteiger partial charge in [-0.3, -0.25) is 4.79 Å². The fourth-order valence-corrected chi connectivity index (χ4v) is 3.47. The summed E-state index contributed by atoms with van der Waals surface area (Å²) in [4.78, 5) is 12.0. The van der Waals surface area contributed by atoms with Crippen molar-refractivity contribution in [2.24, 2.45) is 0 Å². The number of carbonyl (C=O) groups is 1. The number of aryl methyl sites for hydroxylation is 1. The molecule has 0 aliphatic heterocycles. The van der Waals surface area contributed by atoms with Crippen molar-refractivity contribution in [1.29, 1.82) is 0 Å². The second-order valence-corrected chi connectivity index (χ2v) is 6.93. The molecule has 0 saturated carbocycles. The lowest BCUT2D eigenvalue weighted by molar-refractivity contribution is -0.123. The summed E-state index contributed by atoms with van der Waals surface area (Å²) >= 11 is 9.51. The van der Waals surface area contributed by atoms with E-state index in [4.69, 9.17) is 25.8 Å². The largest absolute Gasteiger partial charge is 0.493 e. The summed E-state index contributed by atoms with van der Waals surface area (Å²) in [7, 11) is 3.19. The molecule has 0 saturated heterocycles. The van der Waals surface area contributed by atoms with Gasteiger partial charge in [-0.25, -0.2) is 0 Å². The summed E-state index contributed by atoms with van der Waals surface area (Å²) in [5.74, 6) is 1.66. The van der Waals surface area contributed by atoms with Gasteiger partial charge in [0.15, 0.2) is 18.1 Å². The second-order valence-electron chi connectivity index (χ2n) is 5.61. The number of nitrogens with one attached hydrogen (secondary N) is 1. The van der Waals surface area contributed by atoms with Crippen molar-refractivity contribution < 1.29 is 19.0 Å². The lowest BCUT2D eigenvalue weighted by atomic mass is 10.1. The predicted octanol–water partition coefficient (Wildman–Crippen LogP) is 4.17. The van der Waals surface area contributed by atoms with Gasteiger partial charge >= 0.3 is 0 Å². The molecule has 0 radical (unpaired) electrons. The van der Waals surface area contributed by atoms with Crippen LogP contribution < -0.4 is 19.5 Å². The van der Waals surface area contributed by atoms with Gasteiger partial charge in [-0.15, -0.1) is 0 Å². The van der Waals surface area contributed by atoms with Crippen molar-refractivity contribution in [2.45, 2.75) is 13.3 Å². The Morgan fingerprint density at radius 3 is 2.54 bits per heavy atom. The van der Waals surface area contributed by atoms with Gasteiger partial charge in [-0.05, 0) is 48.7 Å². The highest BCUT2D eigenvalue weighted by atomic mass is 79.9. The minimum absolute atomic E-state index is 0.0892. The molecule has 0 bridgehead atoms. The molecule has 0 aromatic heterocycles. The Balaban J connectivity index is 1.83. The highest BCUT2D eigenvalue weighted by molar-refractivity contribution is 9.10. The van der Waals surface area contributed by atoms with Crippen LogP contribution in [0.25, 0.3) is 0 Å². The van der Waals surface area contributed by atoms with E-state index in [0.717, 1.165) is 15.6 Å². The van der Waals surface area contributed by atoms with Crippen LogP contribution in [-0.4, -0.2) is 33.3 Å². The molecular formula is C19H21BrClNO4. The maximum Gasteiger partial charge on any atom is 0.257 e. The van der Waals surface area contributed by atoms with E-state index < -0.39 is 0 Å². The van der Waals surface area contributed by atoms with E-state index in [0.29, 0.717) is 35.2 Å². The van der Waals surface area contributed by atoms with Gasteiger partial charge in [0, 0.05) is 11.0 Å². The molecule has 0 atom stereocenters. The zero-order valence-corrected chi connectivity index (χ0v) is 17.2. The van der Waals surface area contributed by atoms with Crippen LogP contribution in [0.4, 0.5) is 0 Å². The van der Waals surface area contributed by atoms with Crippen LogP contribution in [0.3, 0.4) is 0 Å². The number of hydrogen-bond acceptors (Lipinski definition) is 4. The van der Waals surface area contributed by atoms with E-state index in [1.165, 1.54) is 0 Å². The first-order valence-corrected chi connectivity index (χ1v) is 9.17. The zero-order chi connectivity index (χ0) is 19.1. The number of rotatable bonds is 8. The van der Waals surface area contributed by atoms with E-state index in [1.807, 2.05) is 31.2 Å². The highest BCUT2D eigenvalue weighted by Crippen LogP contribution is 2.32. The van der Waals surface area contributed by atoms with Crippen molar-refractivity contribution in [3.05, 3.63) is 51.0 Å². The molecule has 2 aromatic carbocycles. The summed E-state index contributed by atoms with van der Waals surface area (Å²) in [6, 6.07) is 9.30. The zero-order valence-electron chi connectivity index (χ0n) is 14.9. The van der Waals surface area contributed by atoms with Gasteiger partial charge in [-0.1, -0.05) is 33.6 Å². The van der Waals surface area contributed by atoms with Crippen LogP contribution in [0, 0.1) is 6.92 Å². The molecule has 1 N–H and O–H groups in total. The molecule has 0 unspecified atom stereocenters. The Morgan fingerprint density at radius 2 is 1.88 bits per heavy atom. The Labute approximate surface area is 166 Å². The number of halogens is 2. The third-order valence-corrected chi connectivity index (χ3v) is 4.46. The summed E-state index contributed by atoms with van der Waals surface area (Å²) in [6.07, 6.45) is 0.671. The molecule has 0 fully saturated rings. The number of ether oxygens (including phenoxy) is 3. The summed E-state index contributed by atoms with van der Waals surface area (Å²) in [5, 5.41) is 3.30. The number of benzene rings is 2. The highest BCUT2D eigenvalue weighted by Gasteiger charge is 2.10. The van der Waals surface area contributed by atoms with E-state index in [-0.39, 0.29) is 12.5 Å². The lowest BCUT2D eigenvalue weighted by Crippen LogP contribution is -2.30. The molecule has 1 amide bonds. The Hall–Kier alpha value is -1.92. The van der Waals surface area contributed by atoms with Gasteiger partial charge < -0.3 is 19.5 Å². The molecule has 0 aliphatic carbocycles. The lowest BCUT2D eigenvalue weighted by Gasteiger charge is -2.12. The SMILES string of the molecule is COc1ccc(CCNC(=O)COc2c(C)cc(Br)cc2Cl)cc1OC. The minimum Gasteiger partial charge on any atom is -0.493 e. The third kappa shape index (κ3) is 5.54. The number of carbonyl (C=O) groups excluding carboxylic acids is 1. The number of hydrogen-bond donors (Lipinski definition) is 1. The maximum atomic E-state index is 12.0.